The topological polar surface area (TPSA) is 54.0 Å². The number of nitrogens with zero attached hydrogens (tertiary/aromatic N) is 2. The van der Waals surface area contributed by atoms with Gasteiger partial charge in [-0.05, 0) is 29.3 Å². The molecular formula is C22H26FN3O3. The Hall–Kier alpha value is -2.80. The Balaban J connectivity index is 1.16. The third-order valence-corrected chi connectivity index (χ3v) is 5.26. The van der Waals surface area contributed by atoms with Crippen LogP contribution >= 0.6 is 0 Å². The van der Waals surface area contributed by atoms with Crippen LogP contribution in [0.1, 0.15) is 11.1 Å². The summed E-state index contributed by atoms with van der Waals surface area (Å²) in [7, 11) is 0. The molecule has 2 aromatic carbocycles. The molecule has 1 N–H and O–H groups in total. The molecule has 0 atom stereocenters. The van der Waals surface area contributed by atoms with Gasteiger partial charge in [0.05, 0.1) is 13.2 Å². The van der Waals surface area contributed by atoms with Crippen LogP contribution in [0.25, 0.3) is 0 Å². The predicted octanol–water partition coefficient (Wildman–Crippen LogP) is 2.67. The van der Waals surface area contributed by atoms with Crippen LogP contribution < -0.4 is 14.8 Å². The molecule has 2 heterocycles. The molecule has 2 aliphatic rings. The van der Waals surface area contributed by atoms with Gasteiger partial charge in [0.15, 0.2) is 0 Å². The van der Waals surface area contributed by atoms with Crippen molar-refractivity contribution in [3.05, 3.63) is 59.4 Å². The Morgan fingerprint density at radius 1 is 1.14 bits per heavy atom. The summed E-state index contributed by atoms with van der Waals surface area (Å²) >= 11 is 0. The molecule has 4 rings (SSSR count). The number of piperazine rings is 1. The Bertz CT molecular complexity index is 853. The molecule has 0 bridgehead atoms. The van der Waals surface area contributed by atoms with Gasteiger partial charge in [-0.1, -0.05) is 18.2 Å². The van der Waals surface area contributed by atoms with E-state index in [-0.39, 0.29) is 11.8 Å². The zero-order valence-electron chi connectivity index (χ0n) is 16.4. The highest BCUT2D eigenvalue weighted by Gasteiger charge is 2.21. The van der Waals surface area contributed by atoms with Crippen LogP contribution in [-0.4, -0.2) is 61.8 Å². The number of halogens is 1. The normalized spacial score (nSPS) is 16.2. The van der Waals surface area contributed by atoms with Gasteiger partial charge in [0, 0.05) is 45.2 Å². The van der Waals surface area contributed by atoms with Gasteiger partial charge in [-0.15, -0.1) is 0 Å². The summed E-state index contributed by atoms with van der Waals surface area (Å²) < 4.78 is 24.1. The van der Waals surface area contributed by atoms with E-state index in [4.69, 9.17) is 9.47 Å². The van der Waals surface area contributed by atoms with Gasteiger partial charge < -0.3 is 19.7 Å². The molecule has 0 aromatic heterocycles. The van der Waals surface area contributed by atoms with Gasteiger partial charge in [0.25, 0.3) is 0 Å². The highest BCUT2D eigenvalue weighted by molar-refractivity contribution is 5.74. The van der Waals surface area contributed by atoms with E-state index >= 15 is 0 Å². The second-order valence-corrected chi connectivity index (χ2v) is 7.34. The lowest BCUT2D eigenvalue weighted by molar-refractivity contribution is 0.134. The highest BCUT2D eigenvalue weighted by Crippen LogP contribution is 2.26. The third kappa shape index (κ3) is 5.17. The van der Waals surface area contributed by atoms with Crippen molar-refractivity contribution in [2.75, 3.05) is 45.9 Å². The van der Waals surface area contributed by atoms with E-state index in [1.165, 1.54) is 23.3 Å². The molecule has 0 saturated carbocycles. The van der Waals surface area contributed by atoms with Crippen LogP contribution in [0.2, 0.25) is 0 Å². The van der Waals surface area contributed by atoms with Crippen molar-refractivity contribution in [2.24, 2.45) is 0 Å². The molecule has 2 amide bonds. The standard InChI is InChI=1S/C22H26FN3O3/c23-19-2-1-3-20(15-19)28-13-7-24-22(27)26-10-8-25(9-11-26)16-17-4-5-21-18(14-17)6-12-29-21/h1-5,14-15H,6-13,16H2,(H,24,27). The van der Waals surface area contributed by atoms with Crippen molar-refractivity contribution in [3.8, 4) is 11.5 Å². The minimum atomic E-state index is -0.336. The van der Waals surface area contributed by atoms with Crippen molar-refractivity contribution in [1.29, 1.82) is 0 Å². The van der Waals surface area contributed by atoms with Crippen LogP contribution in [0.3, 0.4) is 0 Å². The van der Waals surface area contributed by atoms with Gasteiger partial charge in [-0.3, -0.25) is 4.90 Å². The molecule has 6 nitrogen and oxygen atoms in total. The molecule has 154 valence electrons. The third-order valence-electron chi connectivity index (χ3n) is 5.26. The summed E-state index contributed by atoms with van der Waals surface area (Å²) in [5.74, 6) is 1.14. The van der Waals surface area contributed by atoms with E-state index < -0.39 is 0 Å². The summed E-state index contributed by atoms with van der Waals surface area (Å²) in [5.41, 5.74) is 2.59. The van der Waals surface area contributed by atoms with Crippen LogP contribution in [0.5, 0.6) is 11.5 Å². The first kappa shape index (κ1) is 19.5. The fourth-order valence-electron chi connectivity index (χ4n) is 3.70. The van der Waals surface area contributed by atoms with Gasteiger partial charge in [-0.2, -0.15) is 0 Å². The van der Waals surface area contributed by atoms with E-state index in [0.29, 0.717) is 32.0 Å². The maximum Gasteiger partial charge on any atom is 0.317 e. The number of amides is 2. The number of fused-ring (bicyclic) bond motifs is 1. The zero-order chi connectivity index (χ0) is 20.1. The lowest BCUT2D eigenvalue weighted by Crippen LogP contribution is -2.51. The van der Waals surface area contributed by atoms with E-state index in [1.807, 2.05) is 4.90 Å². The lowest BCUT2D eigenvalue weighted by atomic mass is 10.1. The Kier molecular flexibility index (Phi) is 6.14. The SMILES string of the molecule is O=C(NCCOc1cccc(F)c1)N1CCN(Cc2ccc3c(c2)CCO3)CC1. The van der Waals surface area contributed by atoms with Crippen LogP contribution in [0, 0.1) is 5.82 Å². The smallest absolute Gasteiger partial charge is 0.317 e. The first-order chi connectivity index (χ1) is 14.2. The monoisotopic (exact) mass is 399 g/mol. The molecule has 0 unspecified atom stereocenters. The van der Waals surface area contributed by atoms with Gasteiger partial charge in [-0.25, -0.2) is 9.18 Å². The summed E-state index contributed by atoms with van der Waals surface area (Å²) in [5, 5.41) is 2.87. The molecule has 7 heteroatoms. The molecule has 1 saturated heterocycles. The second kappa shape index (κ2) is 9.13. The molecule has 2 aliphatic heterocycles. The molecule has 29 heavy (non-hydrogen) atoms. The number of carbonyl (C=O) groups excluding carboxylic acids is 1. The van der Waals surface area contributed by atoms with Crippen molar-refractivity contribution in [1.82, 2.24) is 15.1 Å². The van der Waals surface area contributed by atoms with E-state index in [9.17, 15) is 9.18 Å². The lowest BCUT2D eigenvalue weighted by Gasteiger charge is -2.34. The van der Waals surface area contributed by atoms with Crippen LogP contribution in [0.4, 0.5) is 9.18 Å². The minimum absolute atomic E-state index is 0.0813. The van der Waals surface area contributed by atoms with E-state index in [0.717, 1.165) is 38.4 Å². The summed E-state index contributed by atoms with van der Waals surface area (Å²) in [6, 6.07) is 12.3. The largest absolute Gasteiger partial charge is 0.493 e. The number of benzene rings is 2. The van der Waals surface area contributed by atoms with Crippen LogP contribution in [0.15, 0.2) is 42.5 Å². The molecule has 1 fully saturated rings. The zero-order valence-corrected chi connectivity index (χ0v) is 16.4. The second-order valence-electron chi connectivity index (χ2n) is 7.34. The maximum absolute atomic E-state index is 13.1. The Labute approximate surface area is 170 Å². The summed E-state index contributed by atoms with van der Waals surface area (Å²) in [6.07, 6.45) is 0.986. The van der Waals surface area contributed by atoms with Crippen molar-refractivity contribution in [3.63, 3.8) is 0 Å². The number of ether oxygens (including phenoxy) is 2. The minimum Gasteiger partial charge on any atom is -0.493 e. The number of urea groups is 1. The molecule has 0 spiro atoms. The fourth-order valence-corrected chi connectivity index (χ4v) is 3.70. The number of nitrogens with one attached hydrogen (secondary N) is 1. The van der Waals surface area contributed by atoms with E-state index in [1.54, 1.807) is 12.1 Å². The number of rotatable bonds is 6. The fraction of sp³-hybridized carbons (Fsp3) is 0.409. The van der Waals surface area contributed by atoms with Gasteiger partial charge in [0.2, 0.25) is 0 Å². The number of hydrogen-bond donors (Lipinski definition) is 1. The summed E-state index contributed by atoms with van der Waals surface area (Å²) in [4.78, 5) is 16.5. The predicted molar refractivity (Wildman–Crippen MR) is 108 cm³/mol. The van der Waals surface area contributed by atoms with Crippen molar-refractivity contribution < 1.29 is 18.7 Å². The van der Waals surface area contributed by atoms with Gasteiger partial charge in [0.1, 0.15) is 23.9 Å². The average Bonchev–Trinajstić information content (AvgIpc) is 3.19. The Morgan fingerprint density at radius 3 is 2.83 bits per heavy atom. The molecule has 0 radical (unpaired) electrons. The Morgan fingerprint density at radius 2 is 2.00 bits per heavy atom. The van der Waals surface area contributed by atoms with Gasteiger partial charge >= 0.3 is 6.03 Å². The highest BCUT2D eigenvalue weighted by atomic mass is 19.1. The maximum atomic E-state index is 13.1. The molecule has 0 aliphatic carbocycles. The van der Waals surface area contributed by atoms with E-state index in [2.05, 4.69) is 28.4 Å². The first-order valence-corrected chi connectivity index (χ1v) is 10.1. The first-order valence-electron chi connectivity index (χ1n) is 10.1. The molecular weight excluding hydrogens is 373 g/mol. The average molecular weight is 399 g/mol. The summed E-state index contributed by atoms with van der Waals surface area (Å²) in [6.45, 7) is 5.45. The quantitative estimate of drug-likeness (QED) is 0.759. The number of carbonyl (C=O) groups is 1. The number of hydrogen-bond acceptors (Lipinski definition) is 4. The molecule has 2 aromatic rings. The van der Waals surface area contributed by atoms with Crippen molar-refractivity contribution >= 4 is 6.03 Å². The van der Waals surface area contributed by atoms with Crippen molar-refractivity contribution in [2.45, 2.75) is 13.0 Å². The van der Waals surface area contributed by atoms with Crippen LogP contribution in [-0.2, 0) is 13.0 Å².